The fourth-order valence-corrected chi connectivity index (χ4v) is 5.44. The van der Waals surface area contributed by atoms with Crippen molar-refractivity contribution in [2.45, 2.75) is 125 Å². The predicted octanol–water partition coefficient (Wildman–Crippen LogP) is 10.5. The van der Waals surface area contributed by atoms with Crippen molar-refractivity contribution in [3.63, 3.8) is 0 Å². The quantitative estimate of drug-likeness (QED) is 0.170. The van der Waals surface area contributed by atoms with E-state index in [0.717, 1.165) is 48.1 Å². The first-order valence-electron chi connectivity index (χ1n) is 15.9. The first kappa shape index (κ1) is 42.9. The summed E-state index contributed by atoms with van der Waals surface area (Å²) in [7, 11) is 0. The van der Waals surface area contributed by atoms with Crippen LogP contribution in [0.2, 0.25) is 0 Å². The monoisotopic (exact) mass is 816 g/mol. The van der Waals surface area contributed by atoms with E-state index in [9.17, 15) is 9.59 Å². The third-order valence-electron chi connectivity index (χ3n) is 7.27. The molecule has 0 saturated carbocycles. The first-order valence-corrected chi connectivity index (χ1v) is 23.6. The van der Waals surface area contributed by atoms with E-state index in [4.69, 9.17) is 14.2 Å². The molecule has 4 rings (SSSR count). The van der Waals surface area contributed by atoms with Crippen LogP contribution in [0.15, 0.2) is 53.0 Å². The van der Waals surface area contributed by atoms with Crippen LogP contribution < -0.4 is 0 Å². The van der Waals surface area contributed by atoms with Crippen LogP contribution >= 0.6 is 29.6 Å². The van der Waals surface area contributed by atoms with Gasteiger partial charge in [-0.25, -0.2) is 0 Å². The van der Waals surface area contributed by atoms with Crippen molar-refractivity contribution in [2.75, 3.05) is 13.2 Å². The van der Waals surface area contributed by atoms with Gasteiger partial charge in [-0.15, -0.1) is 0 Å². The van der Waals surface area contributed by atoms with Gasteiger partial charge in [-0.05, 0) is 101 Å². The zero-order valence-corrected chi connectivity index (χ0v) is 35.8. The molecule has 2 saturated heterocycles. The number of halogens is 2. The number of esters is 1. The number of carbonyl (C=O) groups excluding carboxylic acids is 2. The molecule has 2 heterocycles. The fourth-order valence-electron chi connectivity index (χ4n) is 4.90. The summed E-state index contributed by atoms with van der Waals surface area (Å²) < 4.78 is 23.0. The maximum absolute atomic E-state index is 12.1. The topological polar surface area (TPSA) is 71.1 Å². The van der Waals surface area contributed by atoms with E-state index in [1.165, 1.54) is 34.8 Å². The van der Waals surface area contributed by atoms with Crippen LogP contribution in [0.4, 0.5) is 0 Å². The molecule has 2 aromatic rings. The SMILES string of the molecule is CC(C)(C)O[C-]=O.CC1(C)CCC(c2ccccc2Br)OC1.CC1(C)CCC(c2ccccc2CC(=O)OC(C)(C)C)OC1.[Zn+][Br]. The molecule has 2 aromatic carbocycles. The van der Waals surface area contributed by atoms with Gasteiger partial charge in [0.05, 0.1) is 37.4 Å². The van der Waals surface area contributed by atoms with Crippen LogP contribution in [0.1, 0.15) is 124 Å². The fraction of sp³-hybridized carbons (Fsp3) is 0.622. The van der Waals surface area contributed by atoms with E-state index in [-0.39, 0.29) is 29.2 Å². The van der Waals surface area contributed by atoms with Gasteiger partial charge in [0.1, 0.15) is 5.60 Å². The van der Waals surface area contributed by atoms with E-state index in [0.29, 0.717) is 11.8 Å². The van der Waals surface area contributed by atoms with E-state index in [2.05, 4.69) is 86.3 Å². The average Bonchev–Trinajstić information content (AvgIpc) is 2.94. The van der Waals surface area contributed by atoms with Gasteiger partial charge < -0.3 is 23.7 Å². The second-order valence-corrected chi connectivity index (χ2v) is 16.1. The molecule has 0 amide bonds. The molecule has 2 fully saturated rings. The summed E-state index contributed by atoms with van der Waals surface area (Å²) in [5.41, 5.74) is 3.20. The Balaban J connectivity index is 0.000000380. The summed E-state index contributed by atoms with van der Waals surface area (Å²) >= 11 is 7.83. The maximum atomic E-state index is 12.1. The van der Waals surface area contributed by atoms with Crippen molar-refractivity contribution in [1.29, 1.82) is 0 Å². The molecule has 2 aliphatic heterocycles. The molecular weight excluding hydrogens is 766 g/mol. The standard InChI is InChI=1S/C19H28O3.C13H17BrO.C5H9O2.BrH.Zn/c1-18(2,3)22-17(20)12-14-8-6-7-9-15(14)16-10-11-19(4,5)13-21-16;1-13(2)8-7-12(15-9-13)10-5-3-4-6-11(10)14;1-5(2,3)7-4-6;;/h6-9,16H,10-13H2,1-5H3;3-6,12H,7-9H2,1-2H3;1-3H3;1H;/q;;-1;;+2/p-1. The molecule has 46 heavy (non-hydrogen) atoms. The molecule has 6 nitrogen and oxygen atoms in total. The van der Waals surface area contributed by atoms with Gasteiger partial charge in [-0.1, -0.05) is 92.6 Å². The predicted molar refractivity (Wildman–Crippen MR) is 189 cm³/mol. The first-order chi connectivity index (χ1) is 21.3. The number of carbonyl (C=O) groups is 1. The van der Waals surface area contributed by atoms with Gasteiger partial charge in [0.2, 0.25) is 0 Å². The van der Waals surface area contributed by atoms with Gasteiger partial charge >= 0.3 is 35.9 Å². The Kier molecular flexibility index (Phi) is 18.4. The van der Waals surface area contributed by atoms with Gasteiger partial charge in [0.25, 0.3) is 0 Å². The normalized spacial score (nSPS) is 20.2. The Hall–Kier alpha value is -1.12. The third-order valence-corrected chi connectivity index (χ3v) is 8.00. The summed E-state index contributed by atoms with van der Waals surface area (Å²) in [4.78, 5) is 21.6. The van der Waals surface area contributed by atoms with E-state index < -0.39 is 5.60 Å². The molecule has 2 aliphatic rings. The van der Waals surface area contributed by atoms with Crippen molar-refractivity contribution >= 4 is 42.0 Å². The van der Waals surface area contributed by atoms with Crippen LogP contribution in [0.3, 0.4) is 0 Å². The number of hydrogen-bond donors (Lipinski definition) is 0. The molecule has 0 radical (unpaired) electrons. The average molecular weight is 820 g/mol. The summed E-state index contributed by atoms with van der Waals surface area (Å²) in [6, 6.07) is 16.4. The summed E-state index contributed by atoms with van der Waals surface area (Å²) in [5, 5.41) is 0. The van der Waals surface area contributed by atoms with Crippen LogP contribution in [-0.2, 0) is 51.3 Å². The summed E-state index contributed by atoms with van der Waals surface area (Å²) in [6.07, 6.45) is 5.16. The van der Waals surface area contributed by atoms with Gasteiger partial charge in [0.15, 0.2) is 0 Å². The molecule has 0 spiro atoms. The number of ether oxygens (including phenoxy) is 4. The summed E-state index contributed by atoms with van der Waals surface area (Å²) in [6.45, 7) is 23.0. The van der Waals surface area contributed by atoms with Gasteiger partial charge in [0, 0.05) is 4.47 Å². The minimum atomic E-state index is -0.447. The van der Waals surface area contributed by atoms with Crippen LogP contribution in [0, 0.1) is 10.8 Å². The minimum absolute atomic E-state index is 0.0895. The van der Waals surface area contributed by atoms with Gasteiger partial charge in [-0.3, -0.25) is 4.79 Å². The van der Waals surface area contributed by atoms with E-state index in [1.54, 1.807) is 20.8 Å². The number of hydrogen-bond acceptors (Lipinski definition) is 6. The van der Waals surface area contributed by atoms with Crippen LogP contribution in [0.25, 0.3) is 0 Å². The molecule has 2 atom stereocenters. The second kappa shape index (κ2) is 19.8. The van der Waals surface area contributed by atoms with Crippen molar-refractivity contribution < 1.29 is 44.9 Å². The molecule has 0 bridgehead atoms. The second-order valence-electron chi connectivity index (χ2n) is 15.3. The number of rotatable bonds is 5. The zero-order valence-electron chi connectivity index (χ0n) is 29.6. The zero-order chi connectivity index (χ0) is 35.2. The Morgan fingerprint density at radius 3 is 1.67 bits per heavy atom. The molecule has 0 aromatic heterocycles. The molecule has 0 aliphatic carbocycles. The van der Waals surface area contributed by atoms with Crippen molar-refractivity contribution in [2.24, 2.45) is 10.8 Å². The van der Waals surface area contributed by atoms with E-state index in [1.807, 2.05) is 45.0 Å². The molecule has 2 unspecified atom stereocenters. The Morgan fingerprint density at radius 1 is 0.826 bits per heavy atom. The Morgan fingerprint density at radius 2 is 1.28 bits per heavy atom. The van der Waals surface area contributed by atoms with Crippen molar-refractivity contribution in [3.05, 3.63) is 69.7 Å². The third kappa shape index (κ3) is 17.3. The number of benzene rings is 2. The van der Waals surface area contributed by atoms with Crippen molar-refractivity contribution in [1.82, 2.24) is 0 Å². The molecule has 254 valence electrons. The molecule has 0 N–H and O–H groups in total. The summed E-state index contributed by atoms with van der Waals surface area (Å²) in [5.74, 6) is -0.184. The Bertz CT molecular complexity index is 1180. The van der Waals surface area contributed by atoms with Gasteiger partial charge in [-0.2, -0.15) is 0 Å². The Labute approximate surface area is 303 Å². The van der Waals surface area contributed by atoms with Crippen LogP contribution in [0.5, 0.6) is 0 Å². The van der Waals surface area contributed by atoms with E-state index >= 15 is 0 Å². The molecular formula is C37H54Br2O6Zn. The molecule has 9 heteroatoms. The van der Waals surface area contributed by atoms with Crippen LogP contribution in [-0.4, -0.2) is 36.9 Å². The van der Waals surface area contributed by atoms with Crippen molar-refractivity contribution in [3.8, 4) is 0 Å².